The Bertz CT molecular complexity index is 570. The van der Waals surface area contributed by atoms with Crippen LogP contribution >= 0.6 is 11.5 Å². The van der Waals surface area contributed by atoms with Gasteiger partial charge in [0.2, 0.25) is 5.13 Å². The van der Waals surface area contributed by atoms with Crippen molar-refractivity contribution in [2.24, 2.45) is 5.73 Å². The number of nitrogens with zero attached hydrogens (tertiary/aromatic N) is 2. The fourth-order valence-electron chi connectivity index (χ4n) is 1.92. The lowest BCUT2D eigenvalue weighted by molar-refractivity contribution is 0.617. The van der Waals surface area contributed by atoms with Gasteiger partial charge in [-0.2, -0.15) is 4.37 Å². The first-order valence-corrected chi connectivity index (χ1v) is 7.40. The van der Waals surface area contributed by atoms with Gasteiger partial charge >= 0.3 is 0 Å². The highest BCUT2D eigenvalue weighted by Crippen LogP contribution is 2.17. The zero-order valence-electron chi connectivity index (χ0n) is 11.7. The van der Waals surface area contributed by atoms with Gasteiger partial charge in [-0.25, -0.2) is 9.37 Å². The Hall–Kier alpha value is -1.53. The number of anilines is 1. The molecule has 108 valence electrons. The average molecular weight is 294 g/mol. The van der Waals surface area contributed by atoms with Crippen LogP contribution in [-0.4, -0.2) is 21.9 Å². The van der Waals surface area contributed by atoms with Crippen LogP contribution in [0.2, 0.25) is 0 Å². The predicted molar refractivity (Wildman–Crippen MR) is 80.6 cm³/mol. The van der Waals surface area contributed by atoms with Crippen molar-refractivity contribution < 1.29 is 4.39 Å². The molecule has 0 amide bonds. The molecular formula is C14H19FN4S. The van der Waals surface area contributed by atoms with Crippen LogP contribution in [-0.2, 0) is 6.42 Å². The molecule has 2 rings (SSSR count). The van der Waals surface area contributed by atoms with Crippen LogP contribution in [0.1, 0.15) is 30.3 Å². The van der Waals surface area contributed by atoms with Crippen molar-refractivity contribution >= 4 is 16.7 Å². The monoisotopic (exact) mass is 294 g/mol. The van der Waals surface area contributed by atoms with E-state index in [2.05, 4.69) is 21.6 Å². The molecule has 0 bridgehead atoms. The van der Waals surface area contributed by atoms with Crippen molar-refractivity contribution in [3.05, 3.63) is 41.0 Å². The number of aryl methyl sites for hydroxylation is 1. The van der Waals surface area contributed by atoms with E-state index in [-0.39, 0.29) is 11.9 Å². The lowest BCUT2D eigenvalue weighted by Crippen LogP contribution is -2.19. The van der Waals surface area contributed by atoms with Gasteiger partial charge in [0.25, 0.3) is 0 Å². The summed E-state index contributed by atoms with van der Waals surface area (Å²) in [6, 6.07) is 5.38. The fourth-order valence-corrected chi connectivity index (χ4v) is 2.61. The molecule has 6 heteroatoms. The third-order valence-corrected chi connectivity index (χ3v) is 3.71. The molecule has 1 aromatic carbocycles. The molecule has 1 unspecified atom stereocenters. The minimum atomic E-state index is -0.182. The van der Waals surface area contributed by atoms with E-state index >= 15 is 0 Å². The summed E-state index contributed by atoms with van der Waals surface area (Å²) in [6.07, 6.45) is 1.51. The Morgan fingerprint density at radius 1 is 1.45 bits per heavy atom. The van der Waals surface area contributed by atoms with Gasteiger partial charge in [0.15, 0.2) is 0 Å². The zero-order valence-corrected chi connectivity index (χ0v) is 12.5. The summed E-state index contributed by atoms with van der Waals surface area (Å²) in [5.74, 6) is 0.571. The summed E-state index contributed by atoms with van der Waals surface area (Å²) in [4.78, 5) is 4.44. The highest BCUT2D eigenvalue weighted by atomic mass is 32.1. The summed E-state index contributed by atoms with van der Waals surface area (Å²) in [7, 11) is 0. The fraction of sp³-hybridized carbons (Fsp3) is 0.429. The topological polar surface area (TPSA) is 63.8 Å². The third-order valence-electron chi connectivity index (χ3n) is 3.02. The Kier molecular flexibility index (Phi) is 5.03. The number of rotatable bonds is 6. The van der Waals surface area contributed by atoms with Gasteiger partial charge < -0.3 is 11.1 Å². The normalized spacial score (nSPS) is 12.4. The highest BCUT2D eigenvalue weighted by Gasteiger charge is 2.08. The summed E-state index contributed by atoms with van der Waals surface area (Å²) >= 11 is 1.34. The predicted octanol–water partition coefficient (Wildman–Crippen LogP) is 2.73. The van der Waals surface area contributed by atoms with Crippen LogP contribution in [0.5, 0.6) is 0 Å². The highest BCUT2D eigenvalue weighted by molar-refractivity contribution is 7.09. The smallest absolute Gasteiger partial charge is 0.202 e. The molecule has 1 atom stereocenters. The number of benzene rings is 1. The van der Waals surface area contributed by atoms with Crippen LogP contribution in [0.3, 0.4) is 0 Å². The Balaban J connectivity index is 2.00. The van der Waals surface area contributed by atoms with Gasteiger partial charge in [0, 0.05) is 24.0 Å². The maximum absolute atomic E-state index is 13.2. The van der Waals surface area contributed by atoms with Crippen molar-refractivity contribution in [2.45, 2.75) is 32.7 Å². The molecule has 3 N–H and O–H groups in total. The largest absolute Gasteiger partial charge is 0.358 e. The molecule has 0 aliphatic carbocycles. The lowest BCUT2D eigenvalue weighted by Gasteiger charge is -2.09. The van der Waals surface area contributed by atoms with Gasteiger partial charge in [0.1, 0.15) is 11.6 Å². The maximum Gasteiger partial charge on any atom is 0.202 e. The molecule has 0 saturated heterocycles. The first-order chi connectivity index (χ1) is 9.58. The van der Waals surface area contributed by atoms with Gasteiger partial charge in [-0.05, 0) is 44.0 Å². The van der Waals surface area contributed by atoms with E-state index in [9.17, 15) is 4.39 Å². The Labute approximate surface area is 122 Å². The van der Waals surface area contributed by atoms with Crippen molar-refractivity contribution in [1.82, 2.24) is 9.36 Å². The van der Waals surface area contributed by atoms with E-state index < -0.39 is 0 Å². The van der Waals surface area contributed by atoms with Crippen LogP contribution in [0.15, 0.2) is 18.2 Å². The number of hydrogen-bond acceptors (Lipinski definition) is 5. The third kappa shape index (κ3) is 3.98. The minimum absolute atomic E-state index is 0.182. The summed E-state index contributed by atoms with van der Waals surface area (Å²) in [6.45, 7) is 4.47. The van der Waals surface area contributed by atoms with Crippen molar-refractivity contribution in [3.63, 3.8) is 0 Å². The molecule has 0 spiro atoms. The van der Waals surface area contributed by atoms with E-state index in [4.69, 9.17) is 5.73 Å². The van der Waals surface area contributed by atoms with E-state index in [0.29, 0.717) is 18.5 Å². The first kappa shape index (κ1) is 14.9. The van der Waals surface area contributed by atoms with E-state index in [1.54, 1.807) is 13.0 Å². The second kappa shape index (κ2) is 6.76. The number of nitrogens with one attached hydrogen (secondary N) is 1. The van der Waals surface area contributed by atoms with E-state index in [1.165, 1.54) is 17.6 Å². The molecule has 1 heterocycles. The second-order valence-corrected chi connectivity index (χ2v) is 5.65. The number of halogens is 1. The second-order valence-electron chi connectivity index (χ2n) is 4.90. The van der Waals surface area contributed by atoms with Crippen molar-refractivity contribution in [2.75, 3.05) is 11.9 Å². The molecule has 0 fully saturated rings. The van der Waals surface area contributed by atoms with E-state index in [0.717, 1.165) is 22.9 Å². The van der Waals surface area contributed by atoms with Crippen molar-refractivity contribution in [3.8, 4) is 0 Å². The van der Waals surface area contributed by atoms with Gasteiger partial charge in [-0.15, -0.1) is 0 Å². The van der Waals surface area contributed by atoms with Gasteiger partial charge in [0.05, 0.1) is 0 Å². The van der Waals surface area contributed by atoms with Gasteiger partial charge in [-0.1, -0.05) is 12.1 Å². The summed E-state index contributed by atoms with van der Waals surface area (Å²) in [5, 5.41) is 4.08. The average Bonchev–Trinajstić information content (AvgIpc) is 2.81. The maximum atomic E-state index is 13.2. The molecule has 0 aliphatic rings. The minimum Gasteiger partial charge on any atom is -0.358 e. The number of aromatic nitrogens is 2. The molecule has 4 nitrogen and oxygen atoms in total. The van der Waals surface area contributed by atoms with Crippen LogP contribution in [0.25, 0.3) is 0 Å². The van der Waals surface area contributed by atoms with E-state index in [1.807, 2.05) is 6.07 Å². The number of hydrogen-bond donors (Lipinski definition) is 2. The van der Waals surface area contributed by atoms with Crippen LogP contribution in [0, 0.1) is 12.7 Å². The Morgan fingerprint density at radius 2 is 2.25 bits per heavy atom. The van der Waals surface area contributed by atoms with Crippen LogP contribution < -0.4 is 11.1 Å². The van der Waals surface area contributed by atoms with Gasteiger partial charge in [-0.3, -0.25) is 0 Å². The molecule has 20 heavy (non-hydrogen) atoms. The Morgan fingerprint density at radius 3 is 2.95 bits per heavy atom. The molecule has 0 saturated carbocycles. The first-order valence-electron chi connectivity index (χ1n) is 6.62. The quantitative estimate of drug-likeness (QED) is 0.860. The van der Waals surface area contributed by atoms with Crippen molar-refractivity contribution in [1.29, 1.82) is 0 Å². The zero-order chi connectivity index (χ0) is 14.5. The molecule has 2 aromatic rings. The summed E-state index contributed by atoms with van der Waals surface area (Å²) < 4.78 is 17.5. The standard InChI is InChI=1S/C14H19FN4S/c1-9-7-11(3-4-12(9)15)8-13-18-14(20-19-13)17-10(2)5-6-16/h3-4,7,10H,5-6,8,16H2,1-2H3,(H,17,18,19). The lowest BCUT2D eigenvalue weighted by atomic mass is 10.1. The molecule has 0 radical (unpaired) electrons. The molecular weight excluding hydrogens is 275 g/mol. The summed E-state index contributed by atoms with van der Waals surface area (Å²) in [5.41, 5.74) is 7.18. The van der Waals surface area contributed by atoms with Crippen LogP contribution in [0.4, 0.5) is 9.52 Å². The molecule has 1 aromatic heterocycles. The SMILES string of the molecule is Cc1cc(Cc2nsc(NC(C)CCN)n2)ccc1F. The number of nitrogens with two attached hydrogens (primary N) is 1. The molecule has 0 aliphatic heterocycles.